The van der Waals surface area contributed by atoms with Crippen molar-refractivity contribution in [2.75, 3.05) is 24.2 Å². The summed E-state index contributed by atoms with van der Waals surface area (Å²) in [6, 6.07) is 21.4. The fourth-order valence-electron chi connectivity index (χ4n) is 4.35. The number of hydrogen-bond acceptors (Lipinski definition) is 6. The number of hydrogen-bond donors (Lipinski definition) is 0. The van der Waals surface area contributed by atoms with Crippen LogP contribution in [-0.2, 0) is 14.4 Å². The number of halogens is 1. The molecule has 33 heavy (non-hydrogen) atoms. The van der Waals surface area contributed by atoms with E-state index < -0.39 is 18.1 Å². The number of rotatable bonds is 5. The topological polar surface area (TPSA) is 68.3 Å². The number of nitrogens with zero attached hydrogens (tertiary/aromatic N) is 2. The Hall–Kier alpha value is -3.36. The van der Waals surface area contributed by atoms with Gasteiger partial charge < -0.3 is 9.47 Å². The van der Waals surface area contributed by atoms with Crippen molar-refractivity contribution in [3.8, 4) is 11.5 Å². The third-order valence-electron chi connectivity index (χ3n) is 5.98. The van der Waals surface area contributed by atoms with Gasteiger partial charge in [0.1, 0.15) is 17.4 Å². The lowest BCUT2D eigenvalue weighted by Crippen LogP contribution is -2.37. The van der Waals surface area contributed by atoms with Crippen LogP contribution in [0.25, 0.3) is 0 Å². The summed E-state index contributed by atoms with van der Waals surface area (Å²) in [5.74, 6) is 0.0471. The van der Waals surface area contributed by atoms with Gasteiger partial charge in [0.15, 0.2) is 6.10 Å². The van der Waals surface area contributed by atoms with Crippen molar-refractivity contribution in [2.24, 2.45) is 5.92 Å². The van der Waals surface area contributed by atoms with Crippen molar-refractivity contribution in [1.29, 1.82) is 0 Å². The molecule has 0 aliphatic carbocycles. The third kappa shape index (κ3) is 3.65. The van der Waals surface area contributed by atoms with E-state index in [1.807, 2.05) is 48.5 Å². The second-order valence-corrected chi connectivity index (χ2v) is 8.70. The highest BCUT2D eigenvalue weighted by atomic mass is 79.9. The molecular formula is C25H21BrN2O5. The van der Waals surface area contributed by atoms with Gasteiger partial charge >= 0.3 is 0 Å². The van der Waals surface area contributed by atoms with Crippen molar-refractivity contribution in [3.63, 3.8) is 0 Å². The Morgan fingerprint density at radius 1 is 0.758 bits per heavy atom. The van der Waals surface area contributed by atoms with E-state index in [4.69, 9.17) is 14.3 Å². The van der Waals surface area contributed by atoms with E-state index >= 15 is 0 Å². The van der Waals surface area contributed by atoms with Crippen molar-refractivity contribution in [3.05, 3.63) is 82.8 Å². The van der Waals surface area contributed by atoms with Crippen LogP contribution in [0.1, 0.15) is 11.6 Å². The normalized spacial score (nSPS) is 22.0. The van der Waals surface area contributed by atoms with Gasteiger partial charge in [-0.1, -0.05) is 28.1 Å². The SMILES string of the molecule is COc1ccc([C@H]2[C@H]3C(=O)N(c4ccc(Br)cc4)C(=O)[C@@H]3ON2c2ccc(OC)cc2)cc1. The minimum Gasteiger partial charge on any atom is -0.497 e. The zero-order chi connectivity index (χ0) is 23.1. The lowest BCUT2D eigenvalue weighted by molar-refractivity contribution is -0.126. The molecule has 5 rings (SSSR count). The molecule has 0 saturated carbocycles. The van der Waals surface area contributed by atoms with Crippen molar-refractivity contribution < 1.29 is 23.9 Å². The first-order chi connectivity index (χ1) is 16.0. The number of carbonyl (C=O) groups excluding carboxylic acids is 2. The summed E-state index contributed by atoms with van der Waals surface area (Å²) in [7, 11) is 3.20. The molecule has 2 fully saturated rings. The Bertz CT molecular complexity index is 1180. The molecule has 0 N–H and O–H groups in total. The number of anilines is 2. The first kappa shape index (κ1) is 21.5. The predicted octanol–water partition coefficient (Wildman–Crippen LogP) is 4.52. The van der Waals surface area contributed by atoms with Crippen LogP contribution in [0.2, 0.25) is 0 Å². The maximum Gasteiger partial charge on any atom is 0.266 e. The van der Waals surface area contributed by atoms with Crippen LogP contribution in [0.15, 0.2) is 77.3 Å². The van der Waals surface area contributed by atoms with Gasteiger partial charge in [-0.25, -0.2) is 9.96 Å². The molecule has 0 unspecified atom stereocenters. The average Bonchev–Trinajstić information content (AvgIpc) is 3.36. The standard InChI is InChI=1S/C25H21BrN2O5/c1-31-19-11-3-15(4-12-19)22-21-23(33-28(22)18-9-13-20(32-2)14-10-18)25(30)27(24(21)29)17-7-5-16(26)6-8-17/h3-14,21-23H,1-2H3/t21-,22+,23-/m1/s1. The van der Waals surface area contributed by atoms with Gasteiger partial charge in [-0.05, 0) is 66.2 Å². The van der Waals surface area contributed by atoms with Gasteiger partial charge in [-0.3, -0.25) is 14.4 Å². The highest BCUT2D eigenvalue weighted by molar-refractivity contribution is 9.10. The molecule has 0 bridgehead atoms. The Morgan fingerprint density at radius 2 is 1.30 bits per heavy atom. The van der Waals surface area contributed by atoms with E-state index in [1.165, 1.54) is 4.90 Å². The van der Waals surface area contributed by atoms with Crippen LogP contribution >= 0.6 is 15.9 Å². The highest BCUT2D eigenvalue weighted by Crippen LogP contribution is 2.48. The maximum absolute atomic E-state index is 13.6. The molecule has 0 radical (unpaired) electrons. The summed E-state index contributed by atoms with van der Waals surface area (Å²) in [6.07, 6.45) is -0.921. The molecule has 2 saturated heterocycles. The van der Waals surface area contributed by atoms with Crippen molar-refractivity contribution in [2.45, 2.75) is 12.1 Å². The molecule has 2 amide bonds. The molecule has 3 aromatic carbocycles. The Balaban J connectivity index is 1.56. The van der Waals surface area contributed by atoms with Crippen LogP contribution in [0.3, 0.4) is 0 Å². The third-order valence-corrected chi connectivity index (χ3v) is 6.51. The predicted molar refractivity (Wildman–Crippen MR) is 126 cm³/mol. The number of carbonyl (C=O) groups is 2. The zero-order valence-corrected chi connectivity index (χ0v) is 19.6. The molecule has 2 aliphatic heterocycles. The van der Waals surface area contributed by atoms with Gasteiger partial charge in [-0.2, -0.15) is 0 Å². The summed E-state index contributed by atoms with van der Waals surface area (Å²) in [4.78, 5) is 34.3. The van der Waals surface area contributed by atoms with E-state index in [-0.39, 0.29) is 11.8 Å². The van der Waals surface area contributed by atoms with Gasteiger partial charge in [0, 0.05) is 4.47 Å². The Labute approximate surface area is 199 Å². The molecule has 0 spiro atoms. The Morgan fingerprint density at radius 3 is 1.88 bits per heavy atom. The van der Waals surface area contributed by atoms with Crippen molar-refractivity contribution in [1.82, 2.24) is 0 Å². The van der Waals surface area contributed by atoms with E-state index in [0.717, 1.165) is 15.7 Å². The molecule has 3 aromatic rings. The van der Waals surface area contributed by atoms with E-state index in [2.05, 4.69) is 15.9 Å². The molecule has 168 valence electrons. The second-order valence-electron chi connectivity index (χ2n) is 7.78. The molecule has 7 nitrogen and oxygen atoms in total. The van der Waals surface area contributed by atoms with E-state index in [0.29, 0.717) is 17.2 Å². The highest BCUT2D eigenvalue weighted by Gasteiger charge is 2.60. The monoisotopic (exact) mass is 508 g/mol. The van der Waals surface area contributed by atoms with E-state index in [9.17, 15) is 9.59 Å². The van der Waals surface area contributed by atoms with Gasteiger partial charge in [0.05, 0.1) is 31.6 Å². The zero-order valence-electron chi connectivity index (χ0n) is 18.0. The van der Waals surface area contributed by atoms with Gasteiger partial charge in [0.2, 0.25) is 5.91 Å². The van der Waals surface area contributed by atoms with E-state index in [1.54, 1.807) is 43.5 Å². The number of benzene rings is 3. The first-order valence-electron chi connectivity index (χ1n) is 10.4. The molecule has 3 atom stereocenters. The fourth-order valence-corrected chi connectivity index (χ4v) is 4.62. The van der Waals surface area contributed by atoms with Crippen LogP contribution in [-0.4, -0.2) is 32.1 Å². The molecule has 8 heteroatoms. The average molecular weight is 509 g/mol. The van der Waals surface area contributed by atoms with Crippen LogP contribution in [0.4, 0.5) is 11.4 Å². The Kier molecular flexibility index (Phi) is 5.55. The molecule has 2 heterocycles. The lowest BCUT2D eigenvalue weighted by atomic mass is 9.90. The smallest absolute Gasteiger partial charge is 0.266 e. The molecule has 2 aliphatic rings. The van der Waals surface area contributed by atoms with Gasteiger partial charge in [0.25, 0.3) is 5.91 Å². The lowest BCUT2D eigenvalue weighted by Gasteiger charge is -2.29. The number of ether oxygens (including phenoxy) is 2. The summed E-state index contributed by atoms with van der Waals surface area (Å²) in [5, 5.41) is 1.66. The quantitative estimate of drug-likeness (QED) is 0.472. The number of fused-ring (bicyclic) bond motifs is 1. The summed E-state index contributed by atoms with van der Waals surface area (Å²) >= 11 is 3.39. The minimum absolute atomic E-state index is 0.288. The number of amides is 2. The number of methoxy groups -OCH3 is 2. The van der Waals surface area contributed by atoms with Crippen LogP contribution < -0.4 is 19.4 Å². The maximum atomic E-state index is 13.6. The van der Waals surface area contributed by atoms with Gasteiger partial charge in [-0.15, -0.1) is 0 Å². The van der Waals surface area contributed by atoms with Crippen LogP contribution in [0, 0.1) is 5.92 Å². The first-order valence-corrected chi connectivity index (χ1v) is 11.2. The second kappa shape index (κ2) is 8.53. The number of hydroxylamine groups is 1. The number of imide groups is 1. The minimum atomic E-state index is -0.921. The summed E-state index contributed by atoms with van der Waals surface area (Å²) in [5.41, 5.74) is 2.09. The fraction of sp³-hybridized carbons (Fsp3) is 0.200. The molecule has 0 aromatic heterocycles. The van der Waals surface area contributed by atoms with Crippen molar-refractivity contribution >= 4 is 39.1 Å². The molecular weight excluding hydrogens is 488 g/mol. The summed E-state index contributed by atoms with van der Waals surface area (Å²) < 4.78 is 11.4. The largest absolute Gasteiger partial charge is 0.497 e. The summed E-state index contributed by atoms with van der Waals surface area (Å²) in [6.45, 7) is 0. The van der Waals surface area contributed by atoms with Crippen LogP contribution in [0.5, 0.6) is 11.5 Å².